The third-order valence-electron chi connectivity index (χ3n) is 3.48. The van der Waals surface area contributed by atoms with Gasteiger partial charge in [0.1, 0.15) is 5.82 Å². The van der Waals surface area contributed by atoms with Crippen LogP contribution in [0.3, 0.4) is 0 Å². The molecule has 1 amide bonds. The number of hydrogen-bond acceptors (Lipinski definition) is 5. The molecule has 1 unspecified atom stereocenters. The number of nitrogens with one attached hydrogen (secondary N) is 1. The topological polar surface area (TPSA) is 114 Å². The Balaban J connectivity index is 2.02. The Morgan fingerprint density at radius 1 is 1.48 bits per heavy atom. The van der Waals surface area contributed by atoms with Crippen molar-refractivity contribution in [3.63, 3.8) is 0 Å². The van der Waals surface area contributed by atoms with Crippen molar-refractivity contribution in [1.29, 1.82) is 0 Å². The summed E-state index contributed by atoms with van der Waals surface area (Å²) in [6.07, 6.45) is 7.02. The number of nitrogens with zero attached hydrogens (tertiary/aromatic N) is 3. The number of anilines is 1. The molecule has 0 aromatic carbocycles. The van der Waals surface area contributed by atoms with Crippen LogP contribution < -0.4 is 5.73 Å². The Labute approximate surface area is 122 Å². The molecule has 1 aliphatic carbocycles. The summed E-state index contributed by atoms with van der Waals surface area (Å²) in [6.45, 7) is 0. The summed E-state index contributed by atoms with van der Waals surface area (Å²) in [5.74, 6) is -0.463. The highest BCUT2D eigenvalue weighted by atomic mass is 32.2. The van der Waals surface area contributed by atoms with E-state index in [1.807, 2.05) is 0 Å². The minimum atomic E-state index is -2.85. The van der Waals surface area contributed by atoms with E-state index >= 15 is 0 Å². The van der Waals surface area contributed by atoms with E-state index in [0.29, 0.717) is 4.90 Å². The Morgan fingerprint density at radius 2 is 2.29 bits per heavy atom. The van der Waals surface area contributed by atoms with E-state index in [2.05, 4.69) is 19.5 Å². The lowest BCUT2D eigenvalue weighted by Gasteiger charge is -2.06. The molecule has 2 aromatic rings. The Bertz CT molecular complexity index is 819. The Hall–Kier alpha value is -2.22. The molecule has 0 bridgehead atoms. The van der Waals surface area contributed by atoms with E-state index in [1.54, 1.807) is 6.07 Å². The van der Waals surface area contributed by atoms with Crippen LogP contribution in [0, 0.1) is 0 Å². The zero-order valence-electron chi connectivity index (χ0n) is 11.5. The fraction of sp³-hybridized carbons (Fsp3) is 0.308. The second kappa shape index (κ2) is 4.96. The zero-order chi connectivity index (χ0) is 15.0. The number of aryl methyl sites for hydroxylation is 2. The van der Waals surface area contributed by atoms with Gasteiger partial charge in [0.25, 0.3) is 5.91 Å². The summed E-state index contributed by atoms with van der Waals surface area (Å²) in [5, 5.41) is 6.28. The summed E-state index contributed by atoms with van der Waals surface area (Å²) in [4.78, 5) is 16.9. The Kier molecular flexibility index (Phi) is 3.25. The molecule has 0 spiro atoms. The lowest BCUT2D eigenvalue weighted by atomic mass is 10.1. The number of rotatable bonds is 2. The van der Waals surface area contributed by atoms with Crippen molar-refractivity contribution in [3.05, 3.63) is 35.3 Å². The van der Waals surface area contributed by atoms with Crippen LogP contribution in [-0.2, 0) is 22.6 Å². The largest absolute Gasteiger partial charge is 0.383 e. The molecular formula is C13H15N5O2S. The number of carbonyl (C=O) groups excluding carboxylic acids is 1. The van der Waals surface area contributed by atoms with Crippen LogP contribution in [0.2, 0.25) is 0 Å². The molecule has 7 nitrogen and oxygen atoms in total. The molecule has 0 saturated carbocycles. The predicted octanol–water partition coefficient (Wildman–Crippen LogP) is 1.17. The number of carbonyl (C=O) groups is 1. The third kappa shape index (κ3) is 2.54. The highest BCUT2D eigenvalue weighted by molar-refractivity contribution is 7.93. The molecule has 21 heavy (non-hydrogen) atoms. The second-order valence-electron chi connectivity index (χ2n) is 5.01. The van der Waals surface area contributed by atoms with Crippen molar-refractivity contribution < 1.29 is 9.00 Å². The maximum absolute atomic E-state index is 12.5. The van der Waals surface area contributed by atoms with Gasteiger partial charge in [0.2, 0.25) is 0 Å². The predicted molar refractivity (Wildman–Crippen MR) is 78.4 cm³/mol. The van der Waals surface area contributed by atoms with Gasteiger partial charge in [0.15, 0.2) is 0 Å². The molecule has 8 heteroatoms. The number of aromatic nitrogens is 3. The van der Waals surface area contributed by atoms with Crippen molar-refractivity contribution >= 4 is 21.5 Å². The average molecular weight is 305 g/mol. The van der Waals surface area contributed by atoms with Gasteiger partial charge in [0.05, 0.1) is 26.4 Å². The minimum Gasteiger partial charge on any atom is -0.383 e. The third-order valence-corrected chi connectivity index (χ3v) is 5.09. The van der Waals surface area contributed by atoms with E-state index in [0.717, 1.165) is 30.5 Å². The molecule has 1 atom stereocenters. The fourth-order valence-corrected chi connectivity index (χ4v) is 3.41. The van der Waals surface area contributed by atoms with Gasteiger partial charge in [-0.15, -0.1) is 0 Å². The molecule has 2 heterocycles. The van der Waals surface area contributed by atoms with Crippen LogP contribution in [-0.4, -0.2) is 31.6 Å². The summed E-state index contributed by atoms with van der Waals surface area (Å²) in [7, 11) is -2.85. The zero-order valence-corrected chi connectivity index (χ0v) is 12.3. The maximum Gasteiger partial charge on any atom is 0.289 e. The second-order valence-corrected chi connectivity index (χ2v) is 7.27. The van der Waals surface area contributed by atoms with Gasteiger partial charge in [-0.3, -0.25) is 9.89 Å². The van der Waals surface area contributed by atoms with E-state index in [9.17, 15) is 9.00 Å². The monoisotopic (exact) mass is 305 g/mol. The average Bonchev–Trinajstić information content (AvgIpc) is 3.08. The summed E-state index contributed by atoms with van der Waals surface area (Å²) < 4.78 is 16.3. The van der Waals surface area contributed by atoms with Crippen LogP contribution in [0.4, 0.5) is 5.82 Å². The van der Waals surface area contributed by atoms with E-state index < -0.39 is 15.6 Å². The van der Waals surface area contributed by atoms with Crippen molar-refractivity contribution in [2.75, 3.05) is 12.0 Å². The number of hydrogen-bond donors (Lipinski definition) is 2. The molecule has 3 rings (SSSR count). The van der Waals surface area contributed by atoms with E-state index in [1.165, 1.54) is 18.6 Å². The number of fused-ring (bicyclic) bond motifs is 1. The van der Waals surface area contributed by atoms with E-state index in [4.69, 9.17) is 5.73 Å². The van der Waals surface area contributed by atoms with Gasteiger partial charge in [-0.1, -0.05) is 0 Å². The molecule has 0 fully saturated rings. The van der Waals surface area contributed by atoms with Gasteiger partial charge in [-0.25, -0.2) is 9.19 Å². The Morgan fingerprint density at radius 3 is 3.00 bits per heavy atom. The summed E-state index contributed by atoms with van der Waals surface area (Å²) in [6, 6.07) is 1.72. The molecular weight excluding hydrogens is 290 g/mol. The SMILES string of the molecule is CS(=O)(=NC(=O)c1cc2c(nc1N)CCC2)c1cn[nH]c1. The van der Waals surface area contributed by atoms with Crippen LogP contribution >= 0.6 is 0 Å². The normalized spacial score (nSPS) is 16.2. The van der Waals surface area contributed by atoms with Crippen molar-refractivity contribution in [3.8, 4) is 0 Å². The molecule has 1 aliphatic rings. The van der Waals surface area contributed by atoms with Crippen molar-refractivity contribution in [2.24, 2.45) is 4.36 Å². The first-order chi connectivity index (χ1) is 9.97. The highest BCUT2D eigenvalue weighted by Gasteiger charge is 2.20. The summed E-state index contributed by atoms with van der Waals surface area (Å²) in [5.41, 5.74) is 8.01. The van der Waals surface area contributed by atoms with E-state index in [-0.39, 0.29) is 11.4 Å². The number of nitrogens with two attached hydrogens (primary N) is 1. The van der Waals surface area contributed by atoms with Crippen LogP contribution in [0.15, 0.2) is 27.7 Å². The van der Waals surface area contributed by atoms with Gasteiger partial charge in [-0.05, 0) is 30.9 Å². The van der Waals surface area contributed by atoms with Crippen LogP contribution in [0.5, 0.6) is 0 Å². The van der Waals surface area contributed by atoms with Gasteiger partial charge in [0, 0.05) is 18.1 Å². The molecule has 0 saturated heterocycles. The van der Waals surface area contributed by atoms with Gasteiger partial charge in [-0.2, -0.15) is 9.46 Å². The standard InChI is InChI=1S/C13H15N5O2S/c1-21(20,9-6-15-16-7-9)18-13(19)10-5-8-3-2-4-11(8)17-12(10)14/h5-7H,2-4H2,1H3,(H2,14,17)(H,15,16). The number of H-pyrrole nitrogens is 1. The first-order valence-corrected chi connectivity index (χ1v) is 8.43. The fourth-order valence-electron chi connectivity index (χ4n) is 2.37. The van der Waals surface area contributed by atoms with Crippen LogP contribution in [0.25, 0.3) is 0 Å². The quantitative estimate of drug-likeness (QED) is 0.864. The van der Waals surface area contributed by atoms with Crippen molar-refractivity contribution in [2.45, 2.75) is 24.2 Å². The van der Waals surface area contributed by atoms with Gasteiger partial charge < -0.3 is 5.73 Å². The van der Waals surface area contributed by atoms with Crippen LogP contribution in [0.1, 0.15) is 28.0 Å². The first kappa shape index (κ1) is 13.7. The molecule has 110 valence electrons. The lowest BCUT2D eigenvalue weighted by Crippen LogP contribution is -2.09. The number of aromatic amines is 1. The van der Waals surface area contributed by atoms with Crippen molar-refractivity contribution in [1.82, 2.24) is 15.2 Å². The highest BCUT2D eigenvalue weighted by Crippen LogP contribution is 2.25. The minimum absolute atomic E-state index is 0.145. The molecule has 3 N–H and O–H groups in total. The number of nitrogen functional groups attached to an aromatic ring is 1. The number of amides is 1. The molecule has 2 aromatic heterocycles. The maximum atomic E-state index is 12.5. The molecule has 0 aliphatic heterocycles. The first-order valence-electron chi connectivity index (χ1n) is 6.51. The van der Waals surface area contributed by atoms with Gasteiger partial charge >= 0.3 is 0 Å². The smallest absolute Gasteiger partial charge is 0.289 e. The molecule has 0 radical (unpaired) electrons. The lowest BCUT2D eigenvalue weighted by molar-refractivity contribution is 0.101. The summed E-state index contributed by atoms with van der Waals surface area (Å²) >= 11 is 0. The number of pyridine rings is 1.